The molecule has 1 amide bonds. The Morgan fingerprint density at radius 3 is 1.83 bits per heavy atom. The maximum Gasteiger partial charge on any atom is 0.335 e. The average Bonchev–Trinajstić information content (AvgIpc) is 2.00. The summed E-state index contributed by atoms with van der Waals surface area (Å²) in [4.78, 5) is 21.9. The van der Waals surface area contributed by atoms with Gasteiger partial charge in [-0.25, -0.2) is 4.79 Å². The third-order valence-corrected chi connectivity index (χ3v) is 1.25. The molecule has 0 saturated carbocycles. The summed E-state index contributed by atoms with van der Waals surface area (Å²) in [5.74, 6) is -2.47. The van der Waals surface area contributed by atoms with Crippen LogP contribution in [0.2, 0.25) is 0 Å². The van der Waals surface area contributed by atoms with E-state index in [1.165, 1.54) is 14.1 Å². The minimum atomic E-state index is -2.07. The maximum absolute atomic E-state index is 10.8. The Bertz CT molecular complexity index is 190. The van der Waals surface area contributed by atoms with Gasteiger partial charge in [-0.2, -0.15) is 0 Å². The molecule has 6 heteroatoms. The van der Waals surface area contributed by atoms with Gasteiger partial charge in [-0.05, 0) is 0 Å². The van der Waals surface area contributed by atoms with Crippen molar-refractivity contribution in [3.8, 4) is 0 Å². The number of carbonyl (C=O) groups is 2. The van der Waals surface area contributed by atoms with E-state index < -0.39 is 24.1 Å². The lowest BCUT2D eigenvalue weighted by molar-refractivity contribution is -0.161. The Balaban J connectivity index is 4.29. The molecule has 70 valence electrons. The summed E-state index contributed by atoms with van der Waals surface area (Å²) in [6.45, 7) is 0. The van der Waals surface area contributed by atoms with Crippen LogP contribution in [-0.4, -0.2) is 58.4 Å². The molecule has 0 fully saturated rings. The molecule has 0 aliphatic carbocycles. The molecule has 6 nitrogen and oxygen atoms in total. The van der Waals surface area contributed by atoms with Gasteiger partial charge in [0.1, 0.15) is 0 Å². The first-order valence-electron chi connectivity index (χ1n) is 3.18. The second kappa shape index (κ2) is 4.03. The average molecular weight is 177 g/mol. The highest BCUT2D eigenvalue weighted by molar-refractivity contribution is 5.87. The molecule has 0 saturated heterocycles. The summed E-state index contributed by atoms with van der Waals surface area (Å²) in [6.07, 6.45) is -3.97. The molecule has 0 aliphatic rings. The lowest BCUT2D eigenvalue weighted by Crippen LogP contribution is -2.45. The van der Waals surface area contributed by atoms with Crippen molar-refractivity contribution in [1.29, 1.82) is 0 Å². The molecule has 12 heavy (non-hydrogen) atoms. The number of carboxylic acid groups (broad SMARTS) is 1. The van der Waals surface area contributed by atoms with E-state index in [0.29, 0.717) is 0 Å². The molecule has 0 spiro atoms. The van der Waals surface area contributed by atoms with Crippen LogP contribution in [-0.2, 0) is 9.59 Å². The fourth-order valence-corrected chi connectivity index (χ4v) is 0.535. The lowest BCUT2D eigenvalue weighted by atomic mass is 10.2. The molecule has 0 aromatic rings. The van der Waals surface area contributed by atoms with E-state index in [9.17, 15) is 9.59 Å². The molecule has 0 radical (unpaired) electrons. The molecule has 0 bridgehead atoms. The van der Waals surface area contributed by atoms with Gasteiger partial charge in [0.05, 0.1) is 0 Å². The number of aliphatic hydroxyl groups excluding tert-OH is 2. The van der Waals surface area contributed by atoms with Crippen molar-refractivity contribution in [3.05, 3.63) is 0 Å². The van der Waals surface area contributed by atoms with E-state index in [2.05, 4.69) is 0 Å². The van der Waals surface area contributed by atoms with E-state index >= 15 is 0 Å². The van der Waals surface area contributed by atoms with Crippen LogP contribution in [0.25, 0.3) is 0 Å². The number of hydrogen-bond acceptors (Lipinski definition) is 4. The number of aliphatic carboxylic acids is 1. The Morgan fingerprint density at radius 2 is 1.58 bits per heavy atom. The quantitative estimate of drug-likeness (QED) is 0.458. The summed E-state index contributed by atoms with van der Waals surface area (Å²) >= 11 is 0. The number of aliphatic hydroxyl groups is 2. The minimum Gasteiger partial charge on any atom is -0.479 e. The zero-order chi connectivity index (χ0) is 9.89. The number of amides is 1. The molecule has 2 atom stereocenters. The summed E-state index contributed by atoms with van der Waals surface area (Å²) < 4.78 is 0. The normalized spacial score (nSPS) is 15.0. The van der Waals surface area contributed by atoms with Crippen LogP contribution in [0.1, 0.15) is 0 Å². The monoisotopic (exact) mass is 177 g/mol. The van der Waals surface area contributed by atoms with Gasteiger partial charge >= 0.3 is 5.97 Å². The fraction of sp³-hybridized carbons (Fsp3) is 0.667. The summed E-state index contributed by atoms with van der Waals surface area (Å²) in [5.41, 5.74) is 0. The van der Waals surface area contributed by atoms with E-state index in [1.807, 2.05) is 0 Å². The highest BCUT2D eigenvalue weighted by atomic mass is 16.4. The molecule has 0 rings (SSSR count). The van der Waals surface area contributed by atoms with E-state index in [0.717, 1.165) is 4.90 Å². The minimum absolute atomic E-state index is 0.843. The molecule has 3 N–H and O–H groups in total. The van der Waals surface area contributed by atoms with Gasteiger partial charge in [0.2, 0.25) is 0 Å². The summed E-state index contributed by atoms with van der Waals surface area (Å²) in [5, 5.41) is 25.8. The highest BCUT2D eigenvalue weighted by Crippen LogP contribution is 1.97. The van der Waals surface area contributed by atoms with Crippen molar-refractivity contribution < 1.29 is 24.9 Å². The van der Waals surface area contributed by atoms with Crippen molar-refractivity contribution in [2.24, 2.45) is 0 Å². The third-order valence-electron chi connectivity index (χ3n) is 1.25. The maximum atomic E-state index is 10.8. The molecule has 0 heterocycles. The Kier molecular flexibility index (Phi) is 3.65. The van der Waals surface area contributed by atoms with Crippen molar-refractivity contribution >= 4 is 11.9 Å². The van der Waals surface area contributed by atoms with Crippen LogP contribution in [0.5, 0.6) is 0 Å². The number of nitrogens with zero attached hydrogens (tertiary/aromatic N) is 1. The first-order chi connectivity index (χ1) is 5.37. The molecular weight excluding hydrogens is 166 g/mol. The standard InChI is InChI=1S/C6H11NO5/c1-7(2)5(10)3(8)4(9)6(11)12/h3-4,8-9H,1-2H3,(H,11,12). The van der Waals surface area contributed by atoms with Crippen LogP contribution in [0.3, 0.4) is 0 Å². The first-order valence-corrected chi connectivity index (χ1v) is 3.18. The molecule has 0 aromatic carbocycles. The van der Waals surface area contributed by atoms with Gasteiger partial charge in [0, 0.05) is 14.1 Å². The zero-order valence-corrected chi connectivity index (χ0v) is 6.76. The van der Waals surface area contributed by atoms with Crippen LogP contribution in [0.15, 0.2) is 0 Å². The Morgan fingerprint density at radius 1 is 1.17 bits per heavy atom. The third kappa shape index (κ3) is 2.48. The highest BCUT2D eigenvalue weighted by Gasteiger charge is 2.30. The van der Waals surface area contributed by atoms with Gasteiger partial charge in [-0.3, -0.25) is 4.79 Å². The molecular formula is C6H11NO5. The van der Waals surface area contributed by atoms with Crippen molar-refractivity contribution in [2.75, 3.05) is 14.1 Å². The van der Waals surface area contributed by atoms with Gasteiger partial charge in [0.25, 0.3) is 5.91 Å². The van der Waals surface area contributed by atoms with Crippen LogP contribution < -0.4 is 0 Å². The van der Waals surface area contributed by atoms with Crippen molar-refractivity contribution in [2.45, 2.75) is 12.2 Å². The second-order valence-electron chi connectivity index (χ2n) is 2.46. The predicted molar refractivity (Wildman–Crippen MR) is 38.3 cm³/mol. The first kappa shape index (κ1) is 10.9. The summed E-state index contributed by atoms with van der Waals surface area (Å²) in [7, 11) is 2.69. The smallest absolute Gasteiger partial charge is 0.335 e. The molecule has 2 unspecified atom stereocenters. The SMILES string of the molecule is CN(C)C(=O)C(O)C(O)C(=O)O. The van der Waals surface area contributed by atoms with Crippen LogP contribution in [0, 0.1) is 0 Å². The Labute approximate surface area is 69.0 Å². The van der Waals surface area contributed by atoms with Gasteiger partial charge in [-0.15, -0.1) is 0 Å². The lowest BCUT2D eigenvalue weighted by Gasteiger charge is -2.17. The van der Waals surface area contributed by atoms with Crippen LogP contribution >= 0.6 is 0 Å². The molecule has 0 aromatic heterocycles. The van der Waals surface area contributed by atoms with Crippen molar-refractivity contribution in [1.82, 2.24) is 4.90 Å². The summed E-state index contributed by atoms with van der Waals surface area (Å²) in [6, 6.07) is 0. The fourth-order valence-electron chi connectivity index (χ4n) is 0.535. The van der Waals surface area contributed by atoms with Gasteiger partial charge in [0.15, 0.2) is 12.2 Å². The topological polar surface area (TPSA) is 98.1 Å². The Hall–Kier alpha value is -1.14. The number of carboxylic acids is 1. The zero-order valence-electron chi connectivity index (χ0n) is 6.76. The number of likely N-dealkylation sites (N-methyl/N-ethyl adjacent to an activating group) is 1. The number of carbonyl (C=O) groups excluding carboxylic acids is 1. The van der Waals surface area contributed by atoms with E-state index in [-0.39, 0.29) is 0 Å². The molecule has 0 aliphatic heterocycles. The largest absolute Gasteiger partial charge is 0.479 e. The van der Waals surface area contributed by atoms with Crippen molar-refractivity contribution in [3.63, 3.8) is 0 Å². The second-order valence-corrected chi connectivity index (χ2v) is 2.46. The number of hydrogen-bond donors (Lipinski definition) is 3. The number of rotatable bonds is 3. The van der Waals surface area contributed by atoms with Gasteiger partial charge < -0.3 is 20.2 Å². The van der Waals surface area contributed by atoms with Crippen LogP contribution in [0.4, 0.5) is 0 Å². The van der Waals surface area contributed by atoms with Gasteiger partial charge in [-0.1, -0.05) is 0 Å². The van der Waals surface area contributed by atoms with E-state index in [4.69, 9.17) is 15.3 Å². The predicted octanol–water partition coefficient (Wildman–Crippen LogP) is -2.12. The van der Waals surface area contributed by atoms with E-state index in [1.54, 1.807) is 0 Å².